The van der Waals surface area contributed by atoms with Crippen LogP contribution in [0.2, 0.25) is 0 Å². The van der Waals surface area contributed by atoms with Gasteiger partial charge in [0.25, 0.3) is 11.5 Å². The second-order valence-electron chi connectivity index (χ2n) is 6.81. The van der Waals surface area contributed by atoms with Crippen molar-refractivity contribution in [1.29, 1.82) is 0 Å². The molecule has 0 aliphatic carbocycles. The van der Waals surface area contributed by atoms with Crippen LogP contribution in [-0.2, 0) is 11.3 Å². The van der Waals surface area contributed by atoms with Gasteiger partial charge in [-0.05, 0) is 36.1 Å². The Labute approximate surface area is 158 Å². The molecular formula is C20H17F2N3O3. The summed E-state index contributed by atoms with van der Waals surface area (Å²) < 4.78 is 33.2. The van der Waals surface area contributed by atoms with Gasteiger partial charge in [-0.2, -0.15) is 4.39 Å². The van der Waals surface area contributed by atoms with Crippen molar-refractivity contribution >= 4 is 16.7 Å². The summed E-state index contributed by atoms with van der Waals surface area (Å²) in [6.07, 6.45) is 1.22. The molecule has 0 radical (unpaired) electrons. The van der Waals surface area contributed by atoms with Crippen molar-refractivity contribution in [1.82, 2.24) is 14.9 Å². The van der Waals surface area contributed by atoms with Crippen LogP contribution >= 0.6 is 0 Å². The molecule has 1 atom stereocenters. The van der Waals surface area contributed by atoms with Crippen molar-refractivity contribution in [2.24, 2.45) is 0 Å². The van der Waals surface area contributed by atoms with Crippen LogP contribution in [0.15, 0.2) is 35.3 Å². The van der Waals surface area contributed by atoms with E-state index in [0.29, 0.717) is 27.6 Å². The maximum atomic E-state index is 14.3. The predicted molar refractivity (Wildman–Crippen MR) is 97.9 cm³/mol. The van der Waals surface area contributed by atoms with E-state index >= 15 is 0 Å². The molecule has 2 aromatic heterocycles. The van der Waals surface area contributed by atoms with E-state index in [4.69, 9.17) is 4.74 Å². The summed E-state index contributed by atoms with van der Waals surface area (Å²) in [5.41, 5.74) is 1.28. The quantitative estimate of drug-likeness (QED) is 0.689. The number of nitrogens with one attached hydrogen (secondary N) is 1. The summed E-state index contributed by atoms with van der Waals surface area (Å²) in [6, 6.07) is 4.71. The maximum absolute atomic E-state index is 14.3. The minimum absolute atomic E-state index is 0.137. The highest BCUT2D eigenvalue weighted by Gasteiger charge is 2.31. The SMILES string of the molecule is Cc1cc2c(=O)[nH]c3c(c2cc1F)C(N(C)C(=O)c1ccnc(F)c1)COC3. The van der Waals surface area contributed by atoms with Gasteiger partial charge in [-0.1, -0.05) is 0 Å². The van der Waals surface area contributed by atoms with Gasteiger partial charge in [0.05, 0.1) is 19.3 Å². The number of ether oxygens (including phenoxy) is 1. The molecule has 0 saturated heterocycles. The van der Waals surface area contributed by atoms with E-state index < -0.39 is 23.7 Å². The lowest BCUT2D eigenvalue weighted by atomic mass is 9.94. The van der Waals surface area contributed by atoms with E-state index in [1.165, 1.54) is 29.3 Å². The Morgan fingerprint density at radius 2 is 2.07 bits per heavy atom. The third-order valence-corrected chi connectivity index (χ3v) is 5.04. The molecule has 28 heavy (non-hydrogen) atoms. The first-order valence-electron chi connectivity index (χ1n) is 8.68. The normalized spacial score (nSPS) is 16.1. The molecule has 1 amide bonds. The van der Waals surface area contributed by atoms with Gasteiger partial charge < -0.3 is 14.6 Å². The van der Waals surface area contributed by atoms with E-state index in [2.05, 4.69) is 9.97 Å². The van der Waals surface area contributed by atoms with Crippen LogP contribution in [0.1, 0.15) is 33.2 Å². The number of hydrogen-bond acceptors (Lipinski definition) is 4. The number of H-pyrrole nitrogens is 1. The van der Waals surface area contributed by atoms with Crippen LogP contribution in [0, 0.1) is 18.7 Å². The van der Waals surface area contributed by atoms with Gasteiger partial charge in [0.1, 0.15) is 5.82 Å². The number of benzene rings is 1. The van der Waals surface area contributed by atoms with Crippen LogP contribution in [0.25, 0.3) is 10.8 Å². The van der Waals surface area contributed by atoms with E-state index in [1.807, 2.05) is 0 Å². The predicted octanol–water partition coefficient (Wildman–Crippen LogP) is 2.85. The van der Waals surface area contributed by atoms with E-state index in [9.17, 15) is 18.4 Å². The van der Waals surface area contributed by atoms with Gasteiger partial charge in [0.2, 0.25) is 5.95 Å². The average molecular weight is 385 g/mol. The number of carbonyl (C=O) groups excluding carboxylic acids is 1. The van der Waals surface area contributed by atoms with Gasteiger partial charge in [0.15, 0.2) is 0 Å². The van der Waals surface area contributed by atoms with Crippen LogP contribution in [-0.4, -0.2) is 34.4 Å². The highest BCUT2D eigenvalue weighted by molar-refractivity contribution is 5.95. The van der Waals surface area contributed by atoms with Gasteiger partial charge in [0, 0.05) is 41.5 Å². The highest BCUT2D eigenvalue weighted by atomic mass is 19.1. The first-order valence-corrected chi connectivity index (χ1v) is 8.68. The lowest BCUT2D eigenvalue weighted by molar-refractivity contribution is 0.0335. The molecule has 0 spiro atoms. The number of pyridine rings is 2. The topological polar surface area (TPSA) is 75.3 Å². The van der Waals surface area contributed by atoms with Gasteiger partial charge in [-0.25, -0.2) is 9.37 Å². The molecule has 1 aliphatic rings. The second kappa shape index (κ2) is 6.79. The van der Waals surface area contributed by atoms with Gasteiger partial charge in [-0.15, -0.1) is 0 Å². The van der Waals surface area contributed by atoms with Crippen molar-refractivity contribution in [3.63, 3.8) is 0 Å². The number of amides is 1. The summed E-state index contributed by atoms with van der Waals surface area (Å²) >= 11 is 0. The molecule has 0 bridgehead atoms. The molecule has 144 valence electrons. The summed E-state index contributed by atoms with van der Waals surface area (Å²) in [7, 11) is 1.56. The largest absolute Gasteiger partial charge is 0.373 e. The number of aromatic nitrogens is 2. The molecule has 1 unspecified atom stereocenters. The second-order valence-corrected chi connectivity index (χ2v) is 6.81. The number of carbonyl (C=O) groups is 1. The van der Waals surface area contributed by atoms with E-state index in [-0.39, 0.29) is 24.3 Å². The molecule has 1 aliphatic heterocycles. The average Bonchev–Trinajstić information content (AvgIpc) is 2.68. The summed E-state index contributed by atoms with van der Waals surface area (Å²) in [4.78, 5) is 32.9. The molecule has 1 N–H and O–H groups in total. The molecular weight excluding hydrogens is 368 g/mol. The zero-order valence-electron chi connectivity index (χ0n) is 15.3. The number of fused-ring (bicyclic) bond motifs is 3. The van der Waals surface area contributed by atoms with E-state index in [0.717, 1.165) is 6.07 Å². The number of aromatic amines is 1. The monoisotopic (exact) mass is 385 g/mol. The number of hydrogen-bond donors (Lipinski definition) is 1. The number of aryl methyl sites for hydroxylation is 1. The van der Waals surface area contributed by atoms with Crippen molar-refractivity contribution in [3.05, 3.63) is 75.0 Å². The Morgan fingerprint density at radius 1 is 1.29 bits per heavy atom. The smallest absolute Gasteiger partial charge is 0.256 e. The Balaban J connectivity index is 1.86. The number of rotatable bonds is 2. The maximum Gasteiger partial charge on any atom is 0.256 e. The van der Waals surface area contributed by atoms with Crippen molar-refractivity contribution in [3.8, 4) is 0 Å². The van der Waals surface area contributed by atoms with Crippen molar-refractivity contribution in [2.75, 3.05) is 13.7 Å². The minimum atomic E-state index is -0.758. The van der Waals surface area contributed by atoms with Gasteiger partial charge in [-0.3, -0.25) is 9.59 Å². The first kappa shape index (κ1) is 18.2. The molecule has 8 heteroatoms. The minimum Gasteiger partial charge on any atom is -0.373 e. The Morgan fingerprint density at radius 3 is 2.82 bits per heavy atom. The molecule has 3 aromatic rings. The molecule has 3 heterocycles. The van der Waals surface area contributed by atoms with Crippen LogP contribution < -0.4 is 5.56 Å². The fourth-order valence-electron chi connectivity index (χ4n) is 3.56. The fourth-order valence-corrected chi connectivity index (χ4v) is 3.56. The van der Waals surface area contributed by atoms with Crippen molar-refractivity contribution in [2.45, 2.75) is 19.6 Å². The fraction of sp³-hybridized carbons (Fsp3) is 0.250. The summed E-state index contributed by atoms with van der Waals surface area (Å²) in [5, 5.41) is 0.788. The zero-order valence-corrected chi connectivity index (χ0v) is 15.3. The third-order valence-electron chi connectivity index (χ3n) is 5.04. The Bertz CT molecular complexity index is 1160. The standard InChI is InChI=1S/C20H17F2N3O3/c1-10-5-13-12(7-14(10)21)18-15(24-19(13)26)8-28-9-16(18)25(2)20(27)11-3-4-23-17(22)6-11/h3-7,16H,8-9H2,1-2H3,(H,24,26). The Hall–Kier alpha value is -3.13. The third kappa shape index (κ3) is 2.95. The lowest BCUT2D eigenvalue weighted by Gasteiger charge is -2.34. The Kier molecular flexibility index (Phi) is 4.43. The van der Waals surface area contributed by atoms with Gasteiger partial charge >= 0.3 is 0 Å². The van der Waals surface area contributed by atoms with E-state index in [1.54, 1.807) is 14.0 Å². The van der Waals surface area contributed by atoms with Crippen LogP contribution in [0.4, 0.5) is 8.78 Å². The number of halogens is 2. The summed E-state index contributed by atoms with van der Waals surface area (Å²) in [6.45, 7) is 1.90. The zero-order chi connectivity index (χ0) is 20.0. The van der Waals surface area contributed by atoms with Crippen LogP contribution in [0.3, 0.4) is 0 Å². The molecule has 4 rings (SSSR count). The van der Waals surface area contributed by atoms with Crippen LogP contribution in [0.5, 0.6) is 0 Å². The van der Waals surface area contributed by atoms with Crippen molar-refractivity contribution < 1.29 is 18.3 Å². The number of nitrogens with zero attached hydrogens (tertiary/aromatic N) is 2. The molecule has 1 aromatic carbocycles. The highest BCUT2D eigenvalue weighted by Crippen LogP contribution is 2.34. The lowest BCUT2D eigenvalue weighted by Crippen LogP contribution is -2.37. The first-order chi connectivity index (χ1) is 13.4. The molecule has 6 nitrogen and oxygen atoms in total. The molecule has 0 saturated carbocycles. The molecule has 0 fully saturated rings. The summed E-state index contributed by atoms with van der Waals surface area (Å²) in [5.74, 6) is -1.63. The number of likely N-dealkylation sites (N-methyl/N-ethyl adjacent to an activating group) is 1.